The van der Waals surface area contributed by atoms with E-state index in [9.17, 15) is 18.0 Å². The summed E-state index contributed by atoms with van der Waals surface area (Å²) < 4.78 is 31.6. The van der Waals surface area contributed by atoms with Crippen LogP contribution in [0.25, 0.3) is 0 Å². The van der Waals surface area contributed by atoms with E-state index in [0.29, 0.717) is 25.1 Å². The summed E-state index contributed by atoms with van der Waals surface area (Å²) in [5.41, 5.74) is 0.846. The second-order valence-corrected chi connectivity index (χ2v) is 8.36. The summed E-state index contributed by atoms with van der Waals surface area (Å²) in [7, 11) is -2.41. The molecule has 7 nitrogen and oxygen atoms in total. The summed E-state index contributed by atoms with van der Waals surface area (Å²) in [4.78, 5) is 24.9. The molecule has 0 aliphatic rings. The summed E-state index contributed by atoms with van der Waals surface area (Å²) >= 11 is 0. The van der Waals surface area contributed by atoms with E-state index in [0.717, 1.165) is 0 Å². The Balaban J connectivity index is 3.26. The van der Waals surface area contributed by atoms with Crippen LogP contribution in [-0.4, -0.2) is 50.8 Å². The van der Waals surface area contributed by atoms with E-state index >= 15 is 0 Å². The van der Waals surface area contributed by atoms with Crippen molar-refractivity contribution in [1.82, 2.24) is 9.62 Å². The van der Waals surface area contributed by atoms with Gasteiger partial charge in [-0.15, -0.1) is 0 Å². The van der Waals surface area contributed by atoms with Crippen LogP contribution in [0.3, 0.4) is 0 Å². The summed E-state index contributed by atoms with van der Waals surface area (Å²) in [5.74, 6) is -1.15. The third kappa shape index (κ3) is 5.29. The van der Waals surface area contributed by atoms with E-state index in [4.69, 9.17) is 4.74 Å². The molecule has 1 aromatic rings. The van der Waals surface area contributed by atoms with Crippen LogP contribution in [0.1, 0.15) is 50.0 Å². The van der Waals surface area contributed by atoms with Crippen LogP contribution in [0, 0.1) is 12.8 Å². The van der Waals surface area contributed by atoms with Crippen molar-refractivity contribution >= 4 is 21.9 Å². The van der Waals surface area contributed by atoms with Gasteiger partial charge < -0.3 is 10.1 Å². The van der Waals surface area contributed by atoms with E-state index in [2.05, 4.69) is 5.32 Å². The Kier molecular flexibility index (Phi) is 8.43. The van der Waals surface area contributed by atoms with Gasteiger partial charge in [-0.3, -0.25) is 4.79 Å². The van der Waals surface area contributed by atoms with Gasteiger partial charge in [0.1, 0.15) is 6.04 Å². The first-order valence-electron chi connectivity index (χ1n) is 9.13. The number of ether oxygens (including phenoxy) is 1. The first-order valence-corrected chi connectivity index (χ1v) is 10.6. The SMILES string of the molecule is CC[C@H](C)[C@H](NC(=O)c1cc(S(=O)(=O)N(CC)CC)ccc1C)C(=O)OC. The van der Waals surface area contributed by atoms with Crippen molar-refractivity contribution in [3.63, 3.8) is 0 Å². The monoisotopic (exact) mass is 398 g/mol. The van der Waals surface area contributed by atoms with Crippen LogP contribution in [0.5, 0.6) is 0 Å². The van der Waals surface area contributed by atoms with E-state index in [1.807, 2.05) is 13.8 Å². The number of methoxy groups -OCH3 is 1. The highest BCUT2D eigenvalue weighted by molar-refractivity contribution is 7.89. The number of amides is 1. The number of carbonyl (C=O) groups is 2. The lowest BCUT2D eigenvalue weighted by molar-refractivity contribution is -0.144. The zero-order valence-electron chi connectivity index (χ0n) is 16.9. The molecule has 0 aromatic heterocycles. The first-order chi connectivity index (χ1) is 12.6. The molecule has 1 rings (SSSR count). The number of hydrogen-bond donors (Lipinski definition) is 1. The Hall–Kier alpha value is -1.93. The predicted octanol–water partition coefficient (Wildman–Crippen LogP) is 2.34. The number of benzene rings is 1. The summed E-state index contributed by atoms with van der Waals surface area (Å²) in [6.45, 7) is 9.68. The molecule has 27 heavy (non-hydrogen) atoms. The Labute approximate surface area is 162 Å². The molecular weight excluding hydrogens is 368 g/mol. The predicted molar refractivity (Wildman–Crippen MR) is 104 cm³/mol. The summed E-state index contributed by atoms with van der Waals surface area (Å²) in [6.07, 6.45) is 0.676. The van der Waals surface area contributed by atoms with Gasteiger partial charge in [-0.2, -0.15) is 4.31 Å². The van der Waals surface area contributed by atoms with Gasteiger partial charge in [-0.1, -0.05) is 40.2 Å². The highest BCUT2D eigenvalue weighted by Crippen LogP contribution is 2.20. The maximum Gasteiger partial charge on any atom is 0.328 e. The average Bonchev–Trinajstić information content (AvgIpc) is 2.65. The topological polar surface area (TPSA) is 92.8 Å². The molecule has 1 N–H and O–H groups in total. The van der Waals surface area contributed by atoms with Crippen LogP contribution in [-0.2, 0) is 19.6 Å². The van der Waals surface area contributed by atoms with Crippen molar-refractivity contribution in [3.05, 3.63) is 29.3 Å². The molecule has 0 bridgehead atoms. The molecule has 152 valence electrons. The van der Waals surface area contributed by atoms with Crippen LogP contribution in [0.2, 0.25) is 0 Å². The highest BCUT2D eigenvalue weighted by atomic mass is 32.2. The fourth-order valence-corrected chi connectivity index (χ4v) is 4.22. The molecule has 0 fully saturated rings. The van der Waals surface area contributed by atoms with Crippen LogP contribution < -0.4 is 5.32 Å². The number of nitrogens with one attached hydrogen (secondary N) is 1. The molecule has 0 aliphatic heterocycles. The highest BCUT2D eigenvalue weighted by Gasteiger charge is 2.29. The molecular formula is C19H30N2O5S. The van der Waals surface area contributed by atoms with Crippen LogP contribution in [0.4, 0.5) is 0 Å². The molecule has 0 aliphatic carbocycles. The van der Waals surface area contributed by atoms with Gasteiger partial charge in [0, 0.05) is 18.7 Å². The van der Waals surface area contributed by atoms with Gasteiger partial charge in [0.15, 0.2) is 0 Å². The number of nitrogens with zero attached hydrogens (tertiary/aromatic N) is 1. The van der Waals surface area contributed by atoms with Gasteiger partial charge in [0.25, 0.3) is 5.91 Å². The van der Waals surface area contributed by atoms with E-state index < -0.39 is 27.9 Å². The van der Waals surface area contributed by atoms with E-state index in [1.54, 1.807) is 26.8 Å². The van der Waals surface area contributed by atoms with Crippen LogP contribution in [0.15, 0.2) is 23.1 Å². The quantitative estimate of drug-likeness (QED) is 0.645. The molecule has 0 radical (unpaired) electrons. The van der Waals surface area contributed by atoms with Crippen molar-refractivity contribution in [2.24, 2.45) is 5.92 Å². The molecule has 0 heterocycles. The summed E-state index contributed by atoms with van der Waals surface area (Å²) in [5, 5.41) is 2.69. The zero-order chi connectivity index (χ0) is 20.8. The fraction of sp³-hybridized carbons (Fsp3) is 0.579. The molecule has 8 heteroatoms. The Bertz CT molecular complexity index is 772. The molecule has 0 saturated heterocycles. The van der Waals surface area contributed by atoms with Crippen LogP contribution >= 0.6 is 0 Å². The maximum absolute atomic E-state index is 12.8. The lowest BCUT2D eigenvalue weighted by Crippen LogP contribution is -2.45. The van der Waals surface area contributed by atoms with E-state index in [1.165, 1.54) is 23.5 Å². The van der Waals surface area contributed by atoms with Gasteiger partial charge in [0.2, 0.25) is 10.0 Å². The second-order valence-electron chi connectivity index (χ2n) is 6.43. The molecule has 2 atom stereocenters. The summed E-state index contributed by atoms with van der Waals surface area (Å²) in [6, 6.07) is 3.66. The third-order valence-electron chi connectivity index (χ3n) is 4.75. The number of aryl methyl sites for hydroxylation is 1. The standard InChI is InChI=1S/C19H30N2O5S/c1-7-13(4)17(19(23)26-6)20-18(22)16-12-15(11-10-14(16)5)27(24,25)21(8-2)9-3/h10-13,17H,7-9H2,1-6H3,(H,20,22)/t13-,17-/m0/s1. The molecule has 1 amide bonds. The van der Waals surface area contributed by atoms with Crippen molar-refractivity contribution < 1.29 is 22.7 Å². The maximum atomic E-state index is 12.8. The Morgan fingerprint density at radius 1 is 1.19 bits per heavy atom. The number of hydrogen-bond acceptors (Lipinski definition) is 5. The number of rotatable bonds is 9. The minimum Gasteiger partial charge on any atom is -0.467 e. The van der Waals surface area contributed by atoms with Gasteiger partial charge in [-0.25, -0.2) is 13.2 Å². The minimum absolute atomic E-state index is 0.0557. The normalized spacial score (nSPS) is 13.9. The molecule has 0 saturated carbocycles. The Morgan fingerprint density at radius 2 is 1.78 bits per heavy atom. The van der Waals surface area contributed by atoms with Gasteiger partial charge in [-0.05, 0) is 30.5 Å². The fourth-order valence-electron chi connectivity index (χ4n) is 2.73. The van der Waals surface area contributed by atoms with Gasteiger partial charge >= 0.3 is 5.97 Å². The molecule has 0 spiro atoms. The third-order valence-corrected chi connectivity index (χ3v) is 6.80. The Morgan fingerprint density at radius 3 is 2.26 bits per heavy atom. The average molecular weight is 399 g/mol. The number of sulfonamides is 1. The smallest absolute Gasteiger partial charge is 0.328 e. The van der Waals surface area contributed by atoms with Crippen molar-refractivity contribution in [3.8, 4) is 0 Å². The largest absolute Gasteiger partial charge is 0.467 e. The zero-order valence-corrected chi connectivity index (χ0v) is 17.7. The van der Waals surface area contributed by atoms with Crippen molar-refractivity contribution in [2.75, 3.05) is 20.2 Å². The van der Waals surface area contributed by atoms with Crippen molar-refractivity contribution in [1.29, 1.82) is 0 Å². The molecule has 0 unspecified atom stereocenters. The molecule has 1 aromatic carbocycles. The minimum atomic E-state index is -3.68. The van der Waals surface area contributed by atoms with Crippen molar-refractivity contribution in [2.45, 2.75) is 52.0 Å². The lowest BCUT2D eigenvalue weighted by Gasteiger charge is -2.23. The lowest BCUT2D eigenvalue weighted by atomic mass is 9.98. The number of carbonyl (C=O) groups excluding carboxylic acids is 2. The van der Waals surface area contributed by atoms with E-state index in [-0.39, 0.29) is 16.4 Å². The van der Waals surface area contributed by atoms with Gasteiger partial charge in [0.05, 0.1) is 12.0 Å². The second kappa shape index (κ2) is 9.85. The first kappa shape index (κ1) is 23.1. The number of esters is 1.